The highest BCUT2D eigenvalue weighted by Gasteiger charge is 2.17. The molecule has 0 aliphatic heterocycles. The van der Waals surface area contributed by atoms with E-state index >= 15 is 0 Å². The van der Waals surface area contributed by atoms with Gasteiger partial charge in [-0.25, -0.2) is 0 Å². The van der Waals surface area contributed by atoms with Gasteiger partial charge in [-0.3, -0.25) is 9.78 Å². The van der Waals surface area contributed by atoms with Crippen LogP contribution >= 0.6 is 0 Å². The van der Waals surface area contributed by atoms with Gasteiger partial charge in [0.15, 0.2) is 0 Å². The molecule has 0 aromatic carbocycles. The molecule has 0 bridgehead atoms. The van der Waals surface area contributed by atoms with Gasteiger partial charge in [0.05, 0.1) is 6.61 Å². The van der Waals surface area contributed by atoms with Crippen molar-refractivity contribution in [1.82, 2.24) is 15.2 Å². The Kier molecular flexibility index (Phi) is 7.84. The molecule has 112 valence electrons. The Morgan fingerprint density at radius 3 is 2.70 bits per heavy atom. The van der Waals surface area contributed by atoms with Crippen LogP contribution in [0.1, 0.15) is 18.9 Å². The number of hydrogen-bond donors (Lipinski definition) is 1. The van der Waals surface area contributed by atoms with Crippen LogP contribution in [0.25, 0.3) is 0 Å². The van der Waals surface area contributed by atoms with Gasteiger partial charge < -0.3 is 15.0 Å². The molecule has 1 aromatic heterocycles. The van der Waals surface area contributed by atoms with Crippen molar-refractivity contribution in [3.63, 3.8) is 0 Å². The maximum absolute atomic E-state index is 11.7. The Labute approximate surface area is 121 Å². The molecule has 1 unspecified atom stereocenters. The van der Waals surface area contributed by atoms with Crippen LogP contribution in [0.3, 0.4) is 0 Å². The number of carbonyl (C=O) groups is 1. The summed E-state index contributed by atoms with van der Waals surface area (Å²) < 4.78 is 5.03. The molecule has 0 fully saturated rings. The molecule has 1 rings (SSSR count). The lowest BCUT2D eigenvalue weighted by Crippen LogP contribution is -2.38. The van der Waals surface area contributed by atoms with E-state index in [4.69, 9.17) is 4.74 Å². The van der Waals surface area contributed by atoms with Gasteiger partial charge in [-0.15, -0.1) is 0 Å². The lowest BCUT2D eigenvalue weighted by Gasteiger charge is -2.20. The third-order valence-corrected chi connectivity index (χ3v) is 3.25. The van der Waals surface area contributed by atoms with Crippen molar-refractivity contribution >= 4 is 5.97 Å². The van der Waals surface area contributed by atoms with Crippen LogP contribution in [0.2, 0.25) is 0 Å². The monoisotopic (exact) mass is 279 g/mol. The standard InChI is InChI=1S/C15H25N3O2/c1-4-20-15(19)14(16-2)8-12-18(3)11-7-13-5-9-17-10-6-13/h5-6,9-10,14,16H,4,7-8,11-12H2,1-3H3. The van der Waals surface area contributed by atoms with E-state index in [0.717, 1.165) is 25.9 Å². The summed E-state index contributed by atoms with van der Waals surface area (Å²) in [5, 5.41) is 3.01. The molecule has 0 radical (unpaired) electrons. The Hall–Kier alpha value is -1.46. The summed E-state index contributed by atoms with van der Waals surface area (Å²) in [7, 11) is 3.86. The highest BCUT2D eigenvalue weighted by molar-refractivity contribution is 5.75. The minimum atomic E-state index is -0.224. The van der Waals surface area contributed by atoms with Gasteiger partial charge in [0.1, 0.15) is 6.04 Å². The molecule has 0 aliphatic carbocycles. The topological polar surface area (TPSA) is 54.5 Å². The number of rotatable bonds is 9. The van der Waals surface area contributed by atoms with Crippen LogP contribution in [-0.4, -0.2) is 55.7 Å². The summed E-state index contributed by atoms with van der Waals surface area (Å²) in [6.45, 7) is 4.07. The Balaban J connectivity index is 2.27. The number of likely N-dealkylation sites (N-methyl/N-ethyl adjacent to an activating group) is 2. The predicted molar refractivity (Wildman–Crippen MR) is 79.5 cm³/mol. The molecule has 1 aromatic rings. The fraction of sp³-hybridized carbons (Fsp3) is 0.600. The number of esters is 1. The van der Waals surface area contributed by atoms with Gasteiger partial charge in [-0.2, -0.15) is 0 Å². The van der Waals surface area contributed by atoms with E-state index in [-0.39, 0.29) is 12.0 Å². The van der Waals surface area contributed by atoms with E-state index < -0.39 is 0 Å². The molecular formula is C15H25N3O2. The van der Waals surface area contributed by atoms with Crippen molar-refractivity contribution in [2.75, 3.05) is 33.8 Å². The van der Waals surface area contributed by atoms with Crippen molar-refractivity contribution in [2.24, 2.45) is 0 Å². The fourth-order valence-electron chi connectivity index (χ4n) is 1.95. The molecular weight excluding hydrogens is 254 g/mol. The Morgan fingerprint density at radius 2 is 2.10 bits per heavy atom. The number of hydrogen-bond acceptors (Lipinski definition) is 5. The first kappa shape index (κ1) is 16.6. The average molecular weight is 279 g/mol. The summed E-state index contributed by atoms with van der Waals surface area (Å²) in [6, 6.07) is 3.84. The largest absolute Gasteiger partial charge is 0.465 e. The summed E-state index contributed by atoms with van der Waals surface area (Å²) in [4.78, 5) is 17.9. The third kappa shape index (κ3) is 6.12. The summed E-state index contributed by atoms with van der Waals surface area (Å²) >= 11 is 0. The number of nitrogens with one attached hydrogen (secondary N) is 1. The second kappa shape index (κ2) is 9.44. The first-order valence-electron chi connectivity index (χ1n) is 7.08. The molecule has 5 heteroatoms. The van der Waals surface area contributed by atoms with Crippen LogP contribution in [0.5, 0.6) is 0 Å². The van der Waals surface area contributed by atoms with E-state index in [9.17, 15) is 4.79 Å². The predicted octanol–water partition coefficient (Wildman–Crippen LogP) is 1.10. The number of aromatic nitrogens is 1. The van der Waals surface area contributed by atoms with Crippen molar-refractivity contribution in [1.29, 1.82) is 0 Å². The maximum Gasteiger partial charge on any atom is 0.323 e. The van der Waals surface area contributed by atoms with E-state index in [1.165, 1.54) is 5.56 Å². The lowest BCUT2D eigenvalue weighted by atomic mass is 10.1. The van der Waals surface area contributed by atoms with Crippen molar-refractivity contribution in [2.45, 2.75) is 25.8 Å². The van der Waals surface area contributed by atoms with Gasteiger partial charge in [0.25, 0.3) is 0 Å². The van der Waals surface area contributed by atoms with Crippen LogP contribution in [0, 0.1) is 0 Å². The minimum Gasteiger partial charge on any atom is -0.465 e. The summed E-state index contributed by atoms with van der Waals surface area (Å²) in [5.41, 5.74) is 1.28. The maximum atomic E-state index is 11.7. The van der Waals surface area contributed by atoms with Crippen molar-refractivity contribution in [3.05, 3.63) is 30.1 Å². The van der Waals surface area contributed by atoms with Crippen LogP contribution in [0.4, 0.5) is 0 Å². The minimum absolute atomic E-state index is 0.169. The van der Waals surface area contributed by atoms with Gasteiger partial charge in [0, 0.05) is 18.9 Å². The quantitative estimate of drug-likeness (QED) is 0.686. The highest BCUT2D eigenvalue weighted by Crippen LogP contribution is 2.01. The van der Waals surface area contributed by atoms with Gasteiger partial charge >= 0.3 is 5.97 Å². The number of pyridine rings is 1. The molecule has 0 aliphatic rings. The van der Waals surface area contributed by atoms with Crippen LogP contribution in [0.15, 0.2) is 24.5 Å². The van der Waals surface area contributed by atoms with Gasteiger partial charge in [-0.05, 0) is 58.1 Å². The average Bonchev–Trinajstić information content (AvgIpc) is 2.47. The lowest BCUT2D eigenvalue weighted by molar-refractivity contribution is -0.145. The zero-order chi connectivity index (χ0) is 14.8. The Bertz CT molecular complexity index is 384. The molecule has 0 spiro atoms. The molecule has 1 N–H and O–H groups in total. The number of carbonyl (C=O) groups excluding carboxylic acids is 1. The second-order valence-electron chi connectivity index (χ2n) is 4.79. The number of nitrogens with zero attached hydrogens (tertiary/aromatic N) is 2. The van der Waals surface area contributed by atoms with Crippen LogP contribution < -0.4 is 5.32 Å². The van der Waals surface area contributed by atoms with E-state index in [2.05, 4.69) is 22.2 Å². The zero-order valence-electron chi connectivity index (χ0n) is 12.6. The highest BCUT2D eigenvalue weighted by atomic mass is 16.5. The van der Waals surface area contributed by atoms with E-state index in [0.29, 0.717) is 6.61 Å². The molecule has 20 heavy (non-hydrogen) atoms. The fourth-order valence-corrected chi connectivity index (χ4v) is 1.95. The van der Waals surface area contributed by atoms with Crippen molar-refractivity contribution < 1.29 is 9.53 Å². The molecule has 1 heterocycles. The van der Waals surface area contributed by atoms with E-state index in [1.54, 1.807) is 7.05 Å². The first-order chi connectivity index (χ1) is 9.67. The van der Waals surface area contributed by atoms with Gasteiger partial charge in [-0.1, -0.05) is 0 Å². The molecule has 0 saturated heterocycles. The van der Waals surface area contributed by atoms with Crippen molar-refractivity contribution in [3.8, 4) is 0 Å². The Morgan fingerprint density at radius 1 is 1.40 bits per heavy atom. The number of ether oxygens (including phenoxy) is 1. The zero-order valence-corrected chi connectivity index (χ0v) is 12.6. The smallest absolute Gasteiger partial charge is 0.323 e. The normalized spacial score (nSPS) is 12.4. The SMILES string of the molecule is CCOC(=O)C(CCN(C)CCc1ccncc1)NC. The molecule has 1 atom stereocenters. The molecule has 0 amide bonds. The third-order valence-electron chi connectivity index (χ3n) is 3.25. The van der Waals surface area contributed by atoms with Crippen LogP contribution in [-0.2, 0) is 16.0 Å². The summed E-state index contributed by atoms with van der Waals surface area (Å²) in [6.07, 6.45) is 5.37. The second-order valence-corrected chi connectivity index (χ2v) is 4.79. The summed E-state index contributed by atoms with van der Waals surface area (Å²) in [5.74, 6) is -0.169. The van der Waals surface area contributed by atoms with E-state index in [1.807, 2.05) is 31.5 Å². The molecule has 5 nitrogen and oxygen atoms in total. The van der Waals surface area contributed by atoms with Gasteiger partial charge in [0.2, 0.25) is 0 Å². The first-order valence-corrected chi connectivity index (χ1v) is 7.08. The molecule has 0 saturated carbocycles.